The largest absolute Gasteiger partial charge is 0.309 e. The fourth-order valence-electron chi connectivity index (χ4n) is 7.87. The molecule has 57 heavy (non-hydrogen) atoms. The normalized spacial score (nSPS) is 16.8. The first-order valence-electron chi connectivity index (χ1n) is 28.0. The van der Waals surface area contributed by atoms with E-state index < -0.39 is 153 Å². The molecule has 0 saturated heterocycles. The van der Waals surface area contributed by atoms with Crippen molar-refractivity contribution in [2.45, 2.75) is 0 Å². The molecule has 266 valence electrons. The summed E-state index contributed by atoms with van der Waals surface area (Å²) in [6.07, 6.45) is 0. The van der Waals surface area contributed by atoms with Crippen molar-refractivity contribution in [3.8, 4) is 39.3 Å². The first kappa shape index (κ1) is 17.9. The number of fused-ring (bicyclic) bond motifs is 9. The summed E-state index contributed by atoms with van der Waals surface area (Å²) in [5, 5.41) is -1.36. The molecule has 0 bridgehead atoms. The second-order valence-electron chi connectivity index (χ2n) is 13.4. The van der Waals surface area contributed by atoms with Gasteiger partial charge in [0.1, 0.15) is 0 Å². The maximum atomic E-state index is 10.2. The lowest BCUT2D eigenvalue weighted by Crippen LogP contribution is -1.96. The standard InChI is InChI=1S/C54H35N3/c1-4-16-36(17-5-1)41-24-14-27-50-53(41)45-35-38(31-33-49(45)56(50)40-20-8-3-9-21-40)37-30-32-48-44(34-37)42-22-10-12-25-46(42)57(48)52-29-15-28-51-54(52)43-23-11-13-26-47(43)55(51)39-18-6-2-7-19-39/h1-35H/i10D,11D,12D,13D,14D,15D,22D,23D,24D,25D,26D,27D,28D,29D,30D,31D,32D,33D,34D,35D. The van der Waals surface area contributed by atoms with E-state index in [4.69, 9.17) is 6.85 Å². The van der Waals surface area contributed by atoms with Gasteiger partial charge in [0, 0.05) is 43.7 Å². The maximum absolute atomic E-state index is 10.2. The van der Waals surface area contributed by atoms with Gasteiger partial charge in [-0.25, -0.2) is 0 Å². The summed E-state index contributed by atoms with van der Waals surface area (Å²) in [6, 6.07) is 12.0. The highest BCUT2D eigenvalue weighted by Crippen LogP contribution is 2.43. The molecule has 12 aromatic rings. The van der Waals surface area contributed by atoms with Crippen molar-refractivity contribution in [3.63, 3.8) is 0 Å². The Morgan fingerprint density at radius 2 is 0.807 bits per heavy atom. The van der Waals surface area contributed by atoms with E-state index in [0.29, 0.717) is 11.3 Å². The number of nitrogens with zero attached hydrogens (tertiary/aromatic N) is 3. The third-order valence-corrected chi connectivity index (χ3v) is 10.3. The highest BCUT2D eigenvalue weighted by atomic mass is 15.0. The molecule has 0 aliphatic carbocycles. The van der Waals surface area contributed by atoms with Gasteiger partial charge in [-0.3, -0.25) is 0 Å². The topological polar surface area (TPSA) is 14.8 Å². The Kier molecular flexibility index (Phi) is 3.91. The van der Waals surface area contributed by atoms with Gasteiger partial charge in [-0.05, 0) is 101 Å². The van der Waals surface area contributed by atoms with Crippen LogP contribution in [0.2, 0.25) is 0 Å². The zero-order valence-electron chi connectivity index (χ0n) is 49.5. The summed E-state index contributed by atoms with van der Waals surface area (Å²) >= 11 is 0. The minimum Gasteiger partial charge on any atom is -0.309 e. The van der Waals surface area contributed by atoms with Gasteiger partial charge in [-0.15, -0.1) is 0 Å². The average molecular weight is 746 g/mol. The van der Waals surface area contributed by atoms with Crippen LogP contribution in [0, 0.1) is 0 Å². The van der Waals surface area contributed by atoms with Crippen molar-refractivity contribution in [2.24, 2.45) is 0 Å². The molecule has 0 saturated carbocycles. The summed E-state index contributed by atoms with van der Waals surface area (Å²) in [4.78, 5) is 0. The third kappa shape index (κ3) is 4.73. The van der Waals surface area contributed by atoms with Crippen molar-refractivity contribution in [2.75, 3.05) is 0 Å². The van der Waals surface area contributed by atoms with Crippen LogP contribution >= 0.6 is 0 Å². The predicted molar refractivity (Wildman–Crippen MR) is 240 cm³/mol. The Hall–Kier alpha value is -7.62. The fourth-order valence-corrected chi connectivity index (χ4v) is 7.87. The molecule has 0 radical (unpaired) electrons. The smallest absolute Gasteiger partial charge is 0.0645 e. The Labute approximate surface area is 357 Å². The van der Waals surface area contributed by atoms with E-state index in [2.05, 4.69) is 0 Å². The molecule has 3 heterocycles. The third-order valence-electron chi connectivity index (χ3n) is 10.3. The lowest BCUT2D eigenvalue weighted by Gasteiger charge is -2.12. The van der Waals surface area contributed by atoms with E-state index in [-0.39, 0.29) is 60.9 Å². The van der Waals surface area contributed by atoms with Crippen molar-refractivity contribution >= 4 is 65.4 Å². The molecule has 0 unspecified atom stereocenters. The Bertz CT molecular complexity index is 4660. The molecular formula is C54H35N3. The molecule has 12 rings (SSSR count). The number of aromatic nitrogens is 3. The number of para-hydroxylation sites is 4. The van der Waals surface area contributed by atoms with Crippen molar-refractivity contribution in [3.05, 3.63) is 212 Å². The minimum atomic E-state index is -0.840. The average Bonchev–Trinajstić information content (AvgIpc) is 4.33. The van der Waals surface area contributed by atoms with Crippen LogP contribution in [-0.4, -0.2) is 13.7 Å². The predicted octanol–water partition coefficient (Wildman–Crippen LogP) is 14.3. The fraction of sp³-hybridized carbons (Fsp3) is 0. The van der Waals surface area contributed by atoms with Gasteiger partial charge in [0.2, 0.25) is 0 Å². The van der Waals surface area contributed by atoms with E-state index in [1.165, 1.54) is 9.13 Å². The quantitative estimate of drug-likeness (QED) is 0.167. The first-order chi connectivity index (χ1) is 36.7. The van der Waals surface area contributed by atoms with Gasteiger partial charge in [-0.2, -0.15) is 0 Å². The van der Waals surface area contributed by atoms with Crippen molar-refractivity contribution < 1.29 is 27.4 Å². The van der Waals surface area contributed by atoms with Crippen LogP contribution in [0.15, 0.2) is 212 Å². The Morgan fingerprint density at radius 3 is 1.47 bits per heavy atom. The second kappa shape index (κ2) is 12.5. The number of hydrogen-bond donors (Lipinski definition) is 0. The molecule has 3 aromatic heterocycles. The summed E-state index contributed by atoms with van der Waals surface area (Å²) in [7, 11) is 0. The van der Waals surface area contributed by atoms with Gasteiger partial charge in [0.25, 0.3) is 0 Å². The van der Waals surface area contributed by atoms with Crippen LogP contribution in [0.3, 0.4) is 0 Å². The molecule has 0 atom stereocenters. The molecule has 0 aliphatic heterocycles. The lowest BCUT2D eigenvalue weighted by atomic mass is 9.97. The lowest BCUT2D eigenvalue weighted by molar-refractivity contribution is 1.17. The SMILES string of the molecule is [2H]c1c([2H])c([2H])c2c(c1[2H])c1c(-n3c4c([2H])c([2H])c([2H])c([2H])c4c4c([2H])c(-c5c([2H])c([2H])c6c(c5[2H])c5c(-c7ccccc7)c([2H])c([2H])c([2H])c5n6-c5ccccc5)c([2H])c([2H])c43)c([2H])c([2H])c([2H])c1n2-c1ccccc1. The molecule has 0 N–H and O–H groups in total. The van der Waals surface area contributed by atoms with E-state index in [9.17, 15) is 20.6 Å². The van der Waals surface area contributed by atoms with Gasteiger partial charge in [-0.1, -0.05) is 133 Å². The summed E-state index contributed by atoms with van der Waals surface area (Å²) in [6.45, 7) is 0. The van der Waals surface area contributed by atoms with Crippen LogP contribution in [-0.2, 0) is 0 Å². The first-order valence-corrected chi connectivity index (χ1v) is 18.0. The van der Waals surface area contributed by atoms with E-state index in [0.717, 1.165) is 4.57 Å². The van der Waals surface area contributed by atoms with Crippen molar-refractivity contribution in [1.29, 1.82) is 0 Å². The van der Waals surface area contributed by atoms with Crippen LogP contribution in [0.5, 0.6) is 0 Å². The summed E-state index contributed by atoms with van der Waals surface area (Å²) < 4.78 is 192. The Morgan fingerprint density at radius 1 is 0.316 bits per heavy atom. The summed E-state index contributed by atoms with van der Waals surface area (Å²) in [5.41, 5.74) is -1.73. The zero-order chi connectivity index (χ0) is 54.9. The summed E-state index contributed by atoms with van der Waals surface area (Å²) in [5.74, 6) is 0. The molecule has 0 spiro atoms. The highest BCUT2D eigenvalue weighted by molar-refractivity contribution is 6.18. The molecule has 9 aromatic carbocycles. The molecule has 3 heteroatoms. The molecule has 0 amide bonds. The van der Waals surface area contributed by atoms with Gasteiger partial charge in [0.05, 0.1) is 66.2 Å². The van der Waals surface area contributed by atoms with Crippen LogP contribution in [0.25, 0.3) is 105 Å². The van der Waals surface area contributed by atoms with Gasteiger partial charge >= 0.3 is 0 Å². The molecule has 0 fully saturated rings. The van der Waals surface area contributed by atoms with Crippen LogP contribution in [0.1, 0.15) is 27.4 Å². The molecule has 0 aliphatic rings. The van der Waals surface area contributed by atoms with E-state index in [1.807, 2.05) is 0 Å². The second-order valence-corrected chi connectivity index (χ2v) is 13.4. The van der Waals surface area contributed by atoms with Crippen molar-refractivity contribution in [1.82, 2.24) is 13.7 Å². The highest BCUT2D eigenvalue weighted by Gasteiger charge is 2.21. The van der Waals surface area contributed by atoms with Gasteiger partial charge in [0.15, 0.2) is 0 Å². The zero-order valence-corrected chi connectivity index (χ0v) is 29.5. The van der Waals surface area contributed by atoms with Gasteiger partial charge < -0.3 is 13.7 Å². The molecular weight excluding hydrogens is 691 g/mol. The number of benzene rings is 9. The minimum absolute atomic E-state index is 0.0287. The number of hydrogen-bond acceptors (Lipinski definition) is 0. The number of rotatable bonds is 5. The van der Waals surface area contributed by atoms with Crippen LogP contribution < -0.4 is 0 Å². The monoisotopic (exact) mass is 745 g/mol. The van der Waals surface area contributed by atoms with E-state index >= 15 is 0 Å². The Balaban J connectivity index is 1.31. The van der Waals surface area contributed by atoms with E-state index in [1.54, 1.807) is 91.0 Å². The maximum Gasteiger partial charge on any atom is 0.0645 e. The molecule has 3 nitrogen and oxygen atoms in total. The van der Waals surface area contributed by atoms with Crippen LogP contribution in [0.4, 0.5) is 0 Å².